The summed E-state index contributed by atoms with van der Waals surface area (Å²) in [5.74, 6) is 0. The van der Waals surface area contributed by atoms with Crippen LogP contribution in [0.2, 0.25) is 0 Å². The number of aryl methyl sites for hydroxylation is 2. The number of aromatic nitrogens is 4. The summed E-state index contributed by atoms with van der Waals surface area (Å²) in [5, 5.41) is 12.0. The third-order valence-corrected chi connectivity index (χ3v) is 3.36. The predicted octanol–water partition coefficient (Wildman–Crippen LogP) is 3.28. The lowest BCUT2D eigenvalue weighted by atomic mass is 10.2. The summed E-state index contributed by atoms with van der Waals surface area (Å²) in [6.07, 6.45) is 3.74. The molecule has 0 atom stereocenters. The molecule has 1 N–H and O–H groups in total. The molecule has 0 spiro atoms. The minimum absolute atomic E-state index is 0. The number of alkyl halides is 1. The zero-order valence-corrected chi connectivity index (χ0v) is 13.7. The van der Waals surface area contributed by atoms with Crippen molar-refractivity contribution < 1.29 is 4.39 Å². The molecule has 0 amide bonds. The molecule has 0 bridgehead atoms. The number of nitrogens with one attached hydrogen (secondary N) is 1. The summed E-state index contributed by atoms with van der Waals surface area (Å²) < 4.78 is 15.9. The summed E-state index contributed by atoms with van der Waals surface area (Å²) in [6, 6.07) is 0.359. The maximum Gasteiger partial charge on any atom is 0.109 e. The van der Waals surface area contributed by atoms with E-state index in [1.165, 1.54) is 5.69 Å². The second kappa shape index (κ2) is 7.45. The van der Waals surface area contributed by atoms with Crippen molar-refractivity contribution in [1.29, 1.82) is 0 Å². The van der Waals surface area contributed by atoms with Gasteiger partial charge in [-0.05, 0) is 27.7 Å². The van der Waals surface area contributed by atoms with Crippen molar-refractivity contribution in [3.63, 3.8) is 0 Å². The van der Waals surface area contributed by atoms with Crippen molar-refractivity contribution >= 4 is 18.1 Å². The molecular formula is C14H23ClFN5. The van der Waals surface area contributed by atoms with Gasteiger partial charge in [-0.15, -0.1) is 12.4 Å². The molecule has 0 saturated heterocycles. The van der Waals surface area contributed by atoms with Crippen LogP contribution in [0.25, 0.3) is 0 Å². The van der Waals surface area contributed by atoms with Crippen LogP contribution in [0.15, 0.2) is 12.4 Å². The van der Waals surface area contributed by atoms with Gasteiger partial charge >= 0.3 is 0 Å². The maximum absolute atomic E-state index is 12.3. The summed E-state index contributed by atoms with van der Waals surface area (Å²) in [4.78, 5) is 0. The first kappa shape index (κ1) is 17.5. The molecule has 0 aliphatic heterocycles. The van der Waals surface area contributed by atoms with Crippen LogP contribution < -0.4 is 5.32 Å². The Morgan fingerprint density at radius 1 is 1.33 bits per heavy atom. The summed E-state index contributed by atoms with van der Waals surface area (Å²) >= 11 is 0. The van der Waals surface area contributed by atoms with Gasteiger partial charge in [0.1, 0.15) is 6.67 Å². The minimum atomic E-state index is -0.402. The van der Waals surface area contributed by atoms with Gasteiger partial charge < -0.3 is 5.32 Å². The monoisotopic (exact) mass is 315 g/mol. The molecule has 0 radical (unpaired) electrons. The van der Waals surface area contributed by atoms with Crippen molar-refractivity contribution in [3.8, 4) is 0 Å². The van der Waals surface area contributed by atoms with E-state index in [2.05, 4.69) is 36.3 Å². The molecule has 2 aromatic rings. The van der Waals surface area contributed by atoms with E-state index in [1.54, 1.807) is 4.68 Å². The minimum Gasteiger partial charge on any atom is -0.378 e. The zero-order chi connectivity index (χ0) is 14.7. The van der Waals surface area contributed by atoms with E-state index in [0.29, 0.717) is 19.1 Å². The predicted molar refractivity (Wildman–Crippen MR) is 84.9 cm³/mol. The van der Waals surface area contributed by atoms with Gasteiger partial charge in [0.2, 0.25) is 0 Å². The molecule has 21 heavy (non-hydrogen) atoms. The van der Waals surface area contributed by atoms with Crippen LogP contribution in [0, 0.1) is 13.8 Å². The molecule has 2 aromatic heterocycles. The fourth-order valence-electron chi connectivity index (χ4n) is 2.24. The highest BCUT2D eigenvalue weighted by molar-refractivity contribution is 5.85. The van der Waals surface area contributed by atoms with E-state index in [1.807, 2.05) is 24.0 Å². The van der Waals surface area contributed by atoms with Crippen LogP contribution in [-0.2, 0) is 13.1 Å². The van der Waals surface area contributed by atoms with Gasteiger partial charge in [-0.3, -0.25) is 9.36 Å². The van der Waals surface area contributed by atoms with E-state index in [-0.39, 0.29) is 12.4 Å². The summed E-state index contributed by atoms with van der Waals surface area (Å²) in [5.41, 5.74) is 4.15. The lowest BCUT2D eigenvalue weighted by Crippen LogP contribution is -2.06. The number of hydrogen-bond acceptors (Lipinski definition) is 3. The fraction of sp³-hybridized carbons (Fsp3) is 0.571. The quantitative estimate of drug-likeness (QED) is 0.890. The Balaban J connectivity index is 0.00000220. The van der Waals surface area contributed by atoms with Crippen LogP contribution in [0.1, 0.15) is 36.8 Å². The molecule has 2 heterocycles. The molecule has 0 fully saturated rings. The standard InChI is InChI=1S/C14H22FN5.ClH/c1-10(2)20-12(4)13(8-17-20)7-16-14-9-19(6-5-15)18-11(14)3;/h8-10,16H,5-7H2,1-4H3;1H. The van der Waals surface area contributed by atoms with Crippen LogP contribution in [0.5, 0.6) is 0 Å². The fourth-order valence-corrected chi connectivity index (χ4v) is 2.24. The van der Waals surface area contributed by atoms with Gasteiger partial charge in [0.25, 0.3) is 0 Å². The van der Waals surface area contributed by atoms with Gasteiger partial charge in [0.15, 0.2) is 0 Å². The Hall–Kier alpha value is -1.56. The van der Waals surface area contributed by atoms with Crippen LogP contribution >= 0.6 is 12.4 Å². The topological polar surface area (TPSA) is 47.7 Å². The highest BCUT2D eigenvalue weighted by atomic mass is 35.5. The average molecular weight is 316 g/mol. The smallest absolute Gasteiger partial charge is 0.109 e. The van der Waals surface area contributed by atoms with Crippen molar-refractivity contribution in [2.24, 2.45) is 0 Å². The second-order valence-electron chi connectivity index (χ2n) is 5.23. The normalized spacial score (nSPS) is 10.8. The number of halogens is 2. The first-order valence-electron chi connectivity index (χ1n) is 6.89. The Labute approximate surface area is 130 Å². The van der Waals surface area contributed by atoms with Crippen LogP contribution in [0.3, 0.4) is 0 Å². The molecule has 118 valence electrons. The van der Waals surface area contributed by atoms with Gasteiger partial charge in [0.05, 0.1) is 24.1 Å². The molecule has 0 aliphatic rings. The van der Waals surface area contributed by atoms with Gasteiger partial charge in [0, 0.05) is 30.0 Å². The van der Waals surface area contributed by atoms with Crippen molar-refractivity contribution in [1.82, 2.24) is 19.6 Å². The van der Waals surface area contributed by atoms with Gasteiger partial charge in [-0.1, -0.05) is 0 Å². The Kier molecular flexibility index (Phi) is 6.20. The molecular weight excluding hydrogens is 293 g/mol. The first-order valence-corrected chi connectivity index (χ1v) is 6.89. The van der Waals surface area contributed by atoms with E-state index in [4.69, 9.17) is 0 Å². The van der Waals surface area contributed by atoms with E-state index in [0.717, 1.165) is 16.9 Å². The van der Waals surface area contributed by atoms with E-state index < -0.39 is 6.67 Å². The van der Waals surface area contributed by atoms with Crippen molar-refractivity contribution in [2.45, 2.75) is 46.8 Å². The van der Waals surface area contributed by atoms with E-state index >= 15 is 0 Å². The Bertz CT molecular complexity index is 576. The van der Waals surface area contributed by atoms with Crippen molar-refractivity contribution in [2.75, 3.05) is 12.0 Å². The largest absolute Gasteiger partial charge is 0.378 e. The average Bonchev–Trinajstić information content (AvgIpc) is 2.91. The Morgan fingerprint density at radius 3 is 2.62 bits per heavy atom. The molecule has 0 saturated carbocycles. The maximum atomic E-state index is 12.3. The molecule has 5 nitrogen and oxygen atoms in total. The Morgan fingerprint density at radius 2 is 2.05 bits per heavy atom. The molecule has 0 aromatic carbocycles. The number of anilines is 1. The summed E-state index contributed by atoms with van der Waals surface area (Å²) in [6.45, 7) is 8.81. The van der Waals surface area contributed by atoms with Gasteiger partial charge in [-0.25, -0.2) is 4.39 Å². The SMILES string of the molecule is Cc1nn(CCF)cc1NCc1cnn(C(C)C)c1C.Cl. The third kappa shape index (κ3) is 3.97. The summed E-state index contributed by atoms with van der Waals surface area (Å²) in [7, 11) is 0. The lowest BCUT2D eigenvalue weighted by Gasteiger charge is -2.09. The highest BCUT2D eigenvalue weighted by Gasteiger charge is 2.10. The third-order valence-electron chi connectivity index (χ3n) is 3.36. The second-order valence-corrected chi connectivity index (χ2v) is 5.23. The zero-order valence-electron chi connectivity index (χ0n) is 12.9. The van der Waals surface area contributed by atoms with E-state index in [9.17, 15) is 4.39 Å². The number of nitrogens with zero attached hydrogens (tertiary/aromatic N) is 4. The highest BCUT2D eigenvalue weighted by Crippen LogP contribution is 2.17. The molecule has 2 rings (SSSR count). The van der Waals surface area contributed by atoms with Gasteiger partial charge in [-0.2, -0.15) is 10.2 Å². The number of hydrogen-bond donors (Lipinski definition) is 1. The van der Waals surface area contributed by atoms with Crippen LogP contribution in [-0.4, -0.2) is 26.2 Å². The van der Waals surface area contributed by atoms with Crippen molar-refractivity contribution in [3.05, 3.63) is 29.3 Å². The molecule has 0 aliphatic carbocycles. The van der Waals surface area contributed by atoms with Crippen LogP contribution in [0.4, 0.5) is 10.1 Å². The molecule has 7 heteroatoms. The first-order chi connectivity index (χ1) is 9.52. The number of rotatable bonds is 6. The molecule has 0 unspecified atom stereocenters. The lowest BCUT2D eigenvalue weighted by molar-refractivity contribution is 0.426.